The van der Waals surface area contributed by atoms with Crippen molar-refractivity contribution in [3.63, 3.8) is 0 Å². The number of halogens is 2. The molecule has 0 saturated carbocycles. The van der Waals surface area contributed by atoms with Gasteiger partial charge in [0.1, 0.15) is 5.82 Å². The van der Waals surface area contributed by atoms with E-state index in [2.05, 4.69) is 12.6 Å². The summed E-state index contributed by atoms with van der Waals surface area (Å²) in [5.41, 5.74) is 6.40. The highest BCUT2D eigenvalue weighted by molar-refractivity contribution is 7.80. The maximum Gasteiger partial charge on any atom is 0.131 e. The molecule has 2 aromatic rings. The van der Waals surface area contributed by atoms with Crippen LogP contribution in [0.2, 0.25) is 0 Å². The monoisotopic (exact) mass is 283 g/mol. The summed E-state index contributed by atoms with van der Waals surface area (Å²) in [5.74, 6) is 0.374. The normalized spacial score (nSPS) is 9.56. The SMILES string of the molecule is Fc1ccccc1-c1ccc(S)cc1.NCCCl. The lowest BCUT2D eigenvalue weighted by molar-refractivity contribution is 0.631. The molecule has 2 rings (SSSR count). The van der Waals surface area contributed by atoms with E-state index in [0.29, 0.717) is 18.0 Å². The van der Waals surface area contributed by atoms with Gasteiger partial charge in [-0.25, -0.2) is 4.39 Å². The van der Waals surface area contributed by atoms with E-state index in [0.717, 1.165) is 10.5 Å². The lowest BCUT2D eigenvalue weighted by Crippen LogP contribution is -1.97. The molecular weight excluding hydrogens is 269 g/mol. The van der Waals surface area contributed by atoms with Gasteiger partial charge in [-0.1, -0.05) is 30.3 Å². The average molecular weight is 284 g/mol. The average Bonchev–Trinajstić information content (AvgIpc) is 2.41. The Balaban J connectivity index is 0.000000357. The molecule has 2 aromatic carbocycles. The van der Waals surface area contributed by atoms with Gasteiger partial charge in [-0.3, -0.25) is 0 Å². The zero-order valence-electron chi connectivity index (χ0n) is 9.81. The van der Waals surface area contributed by atoms with E-state index >= 15 is 0 Å². The number of hydrogen-bond donors (Lipinski definition) is 2. The smallest absolute Gasteiger partial charge is 0.131 e. The van der Waals surface area contributed by atoms with E-state index in [9.17, 15) is 4.39 Å². The molecule has 0 spiro atoms. The van der Waals surface area contributed by atoms with E-state index < -0.39 is 0 Å². The fraction of sp³-hybridized carbons (Fsp3) is 0.143. The first-order valence-corrected chi connectivity index (χ1v) is 6.47. The minimum absolute atomic E-state index is 0.195. The lowest BCUT2D eigenvalue weighted by Gasteiger charge is -2.02. The molecule has 0 heterocycles. The highest BCUT2D eigenvalue weighted by Gasteiger charge is 2.02. The third-order valence-corrected chi connectivity index (χ3v) is 2.68. The molecule has 0 radical (unpaired) electrons. The van der Waals surface area contributed by atoms with E-state index in [-0.39, 0.29) is 5.82 Å². The molecule has 0 atom stereocenters. The van der Waals surface area contributed by atoms with Crippen molar-refractivity contribution in [3.8, 4) is 11.1 Å². The Morgan fingerprint density at radius 1 is 1.06 bits per heavy atom. The van der Waals surface area contributed by atoms with Gasteiger partial charge in [-0.05, 0) is 23.8 Å². The zero-order chi connectivity index (χ0) is 13.4. The van der Waals surface area contributed by atoms with Crippen molar-refractivity contribution < 1.29 is 4.39 Å². The Morgan fingerprint density at radius 2 is 1.61 bits per heavy atom. The summed E-state index contributed by atoms with van der Waals surface area (Å²) in [6, 6.07) is 14.2. The molecule has 0 aliphatic rings. The second kappa shape index (κ2) is 8.14. The van der Waals surface area contributed by atoms with Gasteiger partial charge in [0, 0.05) is 22.9 Å². The standard InChI is InChI=1S/C12H9FS.C2H6ClN/c13-12-4-2-1-3-11(12)9-5-7-10(14)8-6-9;3-1-2-4/h1-8,14H;1-2,4H2. The van der Waals surface area contributed by atoms with Crippen LogP contribution in [0.25, 0.3) is 11.1 Å². The van der Waals surface area contributed by atoms with Gasteiger partial charge < -0.3 is 5.73 Å². The van der Waals surface area contributed by atoms with Gasteiger partial charge in [0.2, 0.25) is 0 Å². The van der Waals surface area contributed by atoms with Crippen molar-refractivity contribution in [2.45, 2.75) is 4.90 Å². The summed E-state index contributed by atoms with van der Waals surface area (Å²) in [6.45, 7) is 0.585. The van der Waals surface area contributed by atoms with E-state index in [1.54, 1.807) is 12.1 Å². The van der Waals surface area contributed by atoms with Crippen molar-refractivity contribution in [1.29, 1.82) is 0 Å². The minimum atomic E-state index is -0.195. The number of benzene rings is 2. The van der Waals surface area contributed by atoms with Crippen LogP contribution in [-0.4, -0.2) is 12.4 Å². The fourth-order valence-electron chi connectivity index (χ4n) is 1.34. The molecule has 0 aliphatic carbocycles. The molecule has 18 heavy (non-hydrogen) atoms. The number of nitrogens with two attached hydrogens (primary N) is 1. The second-order valence-electron chi connectivity index (χ2n) is 3.50. The number of rotatable bonds is 2. The van der Waals surface area contributed by atoms with E-state index in [1.807, 2.05) is 30.3 Å². The largest absolute Gasteiger partial charge is 0.329 e. The van der Waals surface area contributed by atoms with Crippen molar-refractivity contribution in [2.24, 2.45) is 5.73 Å². The van der Waals surface area contributed by atoms with Crippen LogP contribution in [0.5, 0.6) is 0 Å². The van der Waals surface area contributed by atoms with Gasteiger partial charge >= 0.3 is 0 Å². The van der Waals surface area contributed by atoms with Crippen molar-refractivity contribution in [1.82, 2.24) is 0 Å². The van der Waals surface area contributed by atoms with Crippen LogP contribution >= 0.6 is 24.2 Å². The van der Waals surface area contributed by atoms with Crippen LogP contribution in [0.15, 0.2) is 53.4 Å². The summed E-state index contributed by atoms with van der Waals surface area (Å²) >= 11 is 9.24. The van der Waals surface area contributed by atoms with Gasteiger partial charge in [0.05, 0.1) is 0 Å². The molecule has 4 heteroatoms. The third-order valence-electron chi connectivity index (χ3n) is 2.16. The predicted molar refractivity (Wildman–Crippen MR) is 78.9 cm³/mol. The molecule has 0 amide bonds. The van der Waals surface area contributed by atoms with Gasteiger partial charge in [-0.2, -0.15) is 0 Å². The van der Waals surface area contributed by atoms with Crippen LogP contribution < -0.4 is 5.73 Å². The number of hydrogen-bond acceptors (Lipinski definition) is 2. The molecule has 2 N–H and O–H groups in total. The van der Waals surface area contributed by atoms with Crippen LogP contribution in [0.1, 0.15) is 0 Å². The molecular formula is C14H15ClFNS. The van der Waals surface area contributed by atoms with Gasteiger partial charge in [0.15, 0.2) is 0 Å². The molecule has 0 unspecified atom stereocenters. The summed E-state index contributed by atoms with van der Waals surface area (Å²) < 4.78 is 13.4. The first-order valence-electron chi connectivity index (χ1n) is 5.49. The molecule has 0 fully saturated rings. The Morgan fingerprint density at radius 3 is 2.11 bits per heavy atom. The van der Waals surface area contributed by atoms with E-state index in [4.69, 9.17) is 17.3 Å². The second-order valence-corrected chi connectivity index (χ2v) is 4.40. The summed E-state index contributed by atoms with van der Waals surface area (Å²) in [4.78, 5) is 0.880. The quantitative estimate of drug-likeness (QED) is 0.633. The fourth-order valence-corrected chi connectivity index (χ4v) is 1.49. The first-order chi connectivity index (χ1) is 8.69. The van der Waals surface area contributed by atoms with Crippen molar-refractivity contribution in [3.05, 3.63) is 54.3 Å². The van der Waals surface area contributed by atoms with Crippen LogP contribution in [0.3, 0.4) is 0 Å². The molecule has 1 nitrogen and oxygen atoms in total. The maximum absolute atomic E-state index is 13.4. The van der Waals surface area contributed by atoms with Crippen LogP contribution in [0, 0.1) is 5.82 Å². The molecule has 0 bridgehead atoms. The minimum Gasteiger partial charge on any atom is -0.329 e. The molecule has 0 saturated heterocycles. The van der Waals surface area contributed by atoms with Crippen LogP contribution in [-0.2, 0) is 0 Å². The summed E-state index contributed by atoms with van der Waals surface area (Å²) in [7, 11) is 0. The lowest BCUT2D eigenvalue weighted by atomic mass is 10.1. The summed E-state index contributed by atoms with van der Waals surface area (Å²) in [5, 5.41) is 0. The van der Waals surface area contributed by atoms with Crippen molar-refractivity contribution in [2.75, 3.05) is 12.4 Å². The maximum atomic E-state index is 13.4. The highest BCUT2D eigenvalue weighted by atomic mass is 35.5. The Bertz CT molecular complexity index is 471. The summed E-state index contributed by atoms with van der Waals surface area (Å²) in [6.07, 6.45) is 0. The van der Waals surface area contributed by atoms with Crippen LogP contribution in [0.4, 0.5) is 4.39 Å². The van der Waals surface area contributed by atoms with E-state index in [1.165, 1.54) is 6.07 Å². The predicted octanol–water partition coefficient (Wildman–Crippen LogP) is 3.97. The first kappa shape index (κ1) is 15.0. The Labute approximate surface area is 117 Å². The zero-order valence-corrected chi connectivity index (χ0v) is 11.5. The van der Waals surface area contributed by atoms with Crippen molar-refractivity contribution >= 4 is 24.2 Å². The molecule has 0 aromatic heterocycles. The number of thiol groups is 1. The topological polar surface area (TPSA) is 26.0 Å². The molecule has 0 aliphatic heterocycles. The highest BCUT2D eigenvalue weighted by Crippen LogP contribution is 2.23. The number of alkyl halides is 1. The Hall–Kier alpha value is -1.03. The third kappa shape index (κ3) is 4.69. The van der Waals surface area contributed by atoms with Gasteiger partial charge in [0.25, 0.3) is 0 Å². The van der Waals surface area contributed by atoms with Gasteiger partial charge in [-0.15, -0.1) is 24.2 Å². The molecule has 96 valence electrons. The Kier molecular flexibility index (Phi) is 6.80.